The van der Waals surface area contributed by atoms with E-state index >= 15 is 0 Å². The van der Waals surface area contributed by atoms with Crippen LogP contribution in [-0.4, -0.2) is 18.1 Å². The highest BCUT2D eigenvalue weighted by molar-refractivity contribution is 9.10. The number of esters is 1. The summed E-state index contributed by atoms with van der Waals surface area (Å²) in [6.07, 6.45) is 3.94. The van der Waals surface area contributed by atoms with E-state index in [0.717, 1.165) is 26.6 Å². The summed E-state index contributed by atoms with van der Waals surface area (Å²) in [5.74, 6) is -0.358. The van der Waals surface area contributed by atoms with Gasteiger partial charge in [-0.3, -0.25) is 0 Å². The Balaban J connectivity index is 1.99. The number of aromatic amines is 1. The minimum atomic E-state index is -0.358. The van der Waals surface area contributed by atoms with Gasteiger partial charge < -0.3 is 9.72 Å². The zero-order valence-electron chi connectivity index (χ0n) is 12.3. The molecule has 0 amide bonds. The molecule has 116 valence electrons. The van der Waals surface area contributed by atoms with Crippen LogP contribution in [0.4, 0.5) is 0 Å². The van der Waals surface area contributed by atoms with E-state index in [2.05, 4.69) is 20.9 Å². The number of methoxy groups -OCH3 is 1. The van der Waals surface area contributed by atoms with Gasteiger partial charge in [-0.15, -0.1) is 0 Å². The van der Waals surface area contributed by atoms with Gasteiger partial charge in [0.1, 0.15) is 0 Å². The van der Waals surface area contributed by atoms with E-state index in [1.165, 1.54) is 7.11 Å². The number of nitrogens with one attached hydrogen (secondary N) is 1. The summed E-state index contributed by atoms with van der Waals surface area (Å²) in [7, 11) is 1.38. The summed E-state index contributed by atoms with van der Waals surface area (Å²) < 4.78 is 5.66. The Kier molecular flexibility index (Phi) is 4.55. The predicted octanol–water partition coefficient (Wildman–Crippen LogP) is 5.54. The summed E-state index contributed by atoms with van der Waals surface area (Å²) in [6.45, 7) is 0. The second-order valence-corrected chi connectivity index (χ2v) is 6.37. The molecule has 1 heterocycles. The van der Waals surface area contributed by atoms with Crippen molar-refractivity contribution in [3.63, 3.8) is 0 Å². The van der Waals surface area contributed by atoms with E-state index < -0.39 is 0 Å². The molecule has 1 aromatic heterocycles. The first-order valence-corrected chi connectivity index (χ1v) is 8.08. The number of H-pyrrole nitrogens is 1. The van der Waals surface area contributed by atoms with Gasteiger partial charge in [-0.25, -0.2) is 4.79 Å². The quantitative estimate of drug-likeness (QED) is 0.597. The number of carbonyl (C=O) groups is 1. The standard InChI is InChI=1S/C18H13BrClNO2/c1-23-18(22)16-8-12(19)9-17-15(16)10-14(21-17)7-4-11-2-5-13(20)6-3-11/h2-10,21H,1H3/b7-4+. The molecule has 0 atom stereocenters. The fraction of sp³-hybridized carbons (Fsp3) is 0.0556. The third-order valence-corrected chi connectivity index (χ3v) is 4.16. The van der Waals surface area contributed by atoms with Crippen molar-refractivity contribution in [2.24, 2.45) is 0 Å². The van der Waals surface area contributed by atoms with Crippen molar-refractivity contribution in [3.8, 4) is 0 Å². The molecule has 0 unspecified atom stereocenters. The SMILES string of the molecule is COC(=O)c1cc(Br)cc2[nH]c(/C=C/c3ccc(Cl)cc3)cc12. The highest BCUT2D eigenvalue weighted by Crippen LogP contribution is 2.26. The molecule has 2 aromatic carbocycles. The van der Waals surface area contributed by atoms with Gasteiger partial charge in [-0.2, -0.15) is 0 Å². The smallest absolute Gasteiger partial charge is 0.338 e. The van der Waals surface area contributed by atoms with Crippen molar-refractivity contribution in [2.75, 3.05) is 7.11 Å². The van der Waals surface area contributed by atoms with Crippen molar-refractivity contribution in [1.82, 2.24) is 4.98 Å². The Morgan fingerprint density at radius 2 is 1.91 bits per heavy atom. The topological polar surface area (TPSA) is 42.1 Å². The van der Waals surface area contributed by atoms with Crippen LogP contribution in [0.3, 0.4) is 0 Å². The van der Waals surface area contributed by atoms with Gasteiger partial charge in [0.25, 0.3) is 0 Å². The molecule has 5 heteroatoms. The van der Waals surface area contributed by atoms with Crippen LogP contribution in [0.15, 0.2) is 46.9 Å². The highest BCUT2D eigenvalue weighted by atomic mass is 79.9. The summed E-state index contributed by atoms with van der Waals surface area (Å²) in [5.41, 5.74) is 3.34. The van der Waals surface area contributed by atoms with Gasteiger partial charge in [0.15, 0.2) is 0 Å². The molecule has 0 fully saturated rings. The van der Waals surface area contributed by atoms with Crippen molar-refractivity contribution in [2.45, 2.75) is 0 Å². The molecular weight excluding hydrogens is 378 g/mol. The van der Waals surface area contributed by atoms with Crippen LogP contribution in [0, 0.1) is 0 Å². The second-order valence-electron chi connectivity index (χ2n) is 5.02. The normalized spacial score (nSPS) is 11.3. The molecular formula is C18H13BrClNO2. The summed E-state index contributed by atoms with van der Waals surface area (Å²) in [5, 5.41) is 1.54. The fourth-order valence-corrected chi connectivity index (χ4v) is 2.94. The van der Waals surface area contributed by atoms with Crippen LogP contribution < -0.4 is 0 Å². The summed E-state index contributed by atoms with van der Waals surface area (Å²) in [6, 6.07) is 13.2. The van der Waals surface area contributed by atoms with Crippen molar-refractivity contribution < 1.29 is 9.53 Å². The third kappa shape index (κ3) is 3.49. The van der Waals surface area contributed by atoms with E-state index in [0.29, 0.717) is 10.6 Å². The first-order valence-electron chi connectivity index (χ1n) is 6.91. The predicted molar refractivity (Wildman–Crippen MR) is 97.7 cm³/mol. The van der Waals surface area contributed by atoms with Crippen LogP contribution in [0.5, 0.6) is 0 Å². The van der Waals surface area contributed by atoms with Gasteiger partial charge in [0, 0.05) is 26.1 Å². The van der Waals surface area contributed by atoms with Crippen molar-refractivity contribution >= 4 is 56.6 Å². The van der Waals surface area contributed by atoms with Crippen LogP contribution in [0.2, 0.25) is 5.02 Å². The second kappa shape index (κ2) is 6.60. The molecule has 0 radical (unpaired) electrons. The first-order chi connectivity index (χ1) is 11.1. The minimum absolute atomic E-state index is 0.358. The van der Waals surface area contributed by atoms with E-state index in [1.807, 2.05) is 48.6 Å². The molecule has 0 aliphatic carbocycles. The average molecular weight is 391 g/mol. The number of hydrogen-bond acceptors (Lipinski definition) is 2. The largest absolute Gasteiger partial charge is 0.465 e. The zero-order valence-corrected chi connectivity index (χ0v) is 14.6. The molecule has 23 heavy (non-hydrogen) atoms. The molecule has 0 aliphatic heterocycles. The zero-order chi connectivity index (χ0) is 16.4. The molecule has 0 saturated heterocycles. The summed E-state index contributed by atoms with van der Waals surface area (Å²) >= 11 is 9.29. The van der Waals surface area contributed by atoms with Crippen molar-refractivity contribution in [1.29, 1.82) is 0 Å². The number of rotatable bonds is 3. The van der Waals surface area contributed by atoms with Crippen LogP contribution in [0.1, 0.15) is 21.6 Å². The Bertz CT molecular complexity index is 897. The van der Waals surface area contributed by atoms with Gasteiger partial charge in [-0.05, 0) is 42.0 Å². The Morgan fingerprint density at radius 1 is 1.17 bits per heavy atom. The number of halogens is 2. The molecule has 0 saturated carbocycles. The number of fused-ring (bicyclic) bond motifs is 1. The third-order valence-electron chi connectivity index (χ3n) is 3.45. The molecule has 0 bridgehead atoms. The monoisotopic (exact) mass is 389 g/mol. The average Bonchev–Trinajstić information content (AvgIpc) is 2.95. The lowest BCUT2D eigenvalue weighted by molar-refractivity contribution is 0.0603. The van der Waals surface area contributed by atoms with E-state index in [-0.39, 0.29) is 5.97 Å². The lowest BCUT2D eigenvalue weighted by atomic mass is 10.1. The molecule has 0 spiro atoms. The maximum Gasteiger partial charge on any atom is 0.338 e. The lowest BCUT2D eigenvalue weighted by Crippen LogP contribution is -2.01. The van der Waals surface area contributed by atoms with Crippen molar-refractivity contribution in [3.05, 3.63) is 68.8 Å². The fourth-order valence-electron chi connectivity index (χ4n) is 2.35. The maximum atomic E-state index is 11.9. The number of hydrogen-bond donors (Lipinski definition) is 1. The summed E-state index contributed by atoms with van der Waals surface area (Å²) in [4.78, 5) is 15.2. The minimum Gasteiger partial charge on any atom is -0.465 e. The van der Waals surface area contributed by atoms with Crippen LogP contribution in [0.25, 0.3) is 23.1 Å². The number of ether oxygens (including phenoxy) is 1. The first kappa shape index (κ1) is 15.8. The lowest BCUT2D eigenvalue weighted by Gasteiger charge is -2.01. The highest BCUT2D eigenvalue weighted by Gasteiger charge is 2.13. The Hall–Kier alpha value is -2.04. The van der Waals surface area contributed by atoms with Gasteiger partial charge in [0.05, 0.1) is 12.7 Å². The molecule has 1 N–H and O–H groups in total. The molecule has 3 nitrogen and oxygen atoms in total. The molecule has 3 aromatic rings. The Morgan fingerprint density at radius 3 is 2.61 bits per heavy atom. The van der Waals surface area contributed by atoms with Crippen LogP contribution >= 0.6 is 27.5 Å². The van der Waals surface area contributed by atoms with Gasteiger partial charge in [-0.1, -0.05) is 45.7 Å². The maximum absolute atomic E-state index is 11.9. The molecule has 0 aliphatic rings. The number of aromatic nitrogens is 1. The van der Waals surface area contributed by atoms with Gasteiger partial charge in [0.2, 0.25) is 0 Å². The Labute approximate surface area is 147 Å². The van der Waals surface area contributed by atoms with E-state index in [4.69, 9.17) is 16.3 Å². The van der Waals surface area contributed by atoms with Gasteiger partial charge >= 0.3 is 5.97 Å². The molecule has 3 rings (SSSR count). The van der Waals surface area contributed by atoms with Crippen LogP contribution in [-0.2, 0) is 4.74 Å². The van der Waals surface area contributed by atoms with E-state index in [1.54, 1.807) is 6.07 Å². The number of carbonyl (C=O) groups excluding carboxylic acids is 1. The number of benzene rings is 2. The van der Waals surface area contributed by atoms with E-state index in [9.17, 15) is 4.79 Å².